The molecule has 2 aromatic rings. The SMILES string of the molecule is COC(=N)Cc1ccc2c(c1)Nc1nccnc1S2. The third kappa shape index (κ3) is 2.39. The van der Waals surface area contributed by atoms with Crippen molar-refractivity contribution in [3.05, 3.63) is 36.2 Å². The largest absolute Gasteiger partial charge is 0.484 e. The number of hydrogen-bond acceptors (Lipinski definition) is 6. The van der Waals surface area contributed by atoms with E-state index in [1.807, 2.05) is 18.2 Å². The van der Waals surface area contributed by atoms with E-state index in [2.05, 4.69) is 15.3 Å². The number of benzene rings is 1. The molecule has 0 saturated heterocycles. The van der Waals surface area contributed by atoms with Crippen molar-refractivity contribution in [1.29, 1.82) is 5.41 Å². The van der Waals surface area contributed by atoms with E-state index in [9.17, 15) is 0 Å². The average Bonchev–Trinajstić information content (AvgIpc) is 2.45. The Hall–Kier alpha value is -2.08. The van der Waals surface area contributed by atoms with Crippen LogP contribution < -0.4 is 5.32 Å². The summed E-state index contributed by atoms with van der Waals surface area (Å²) in [6.07, 6.45) is 3.85. The zero-order valence-electron chi connectivity index (χ0n) is 10.3. The predicted octanol–water partition coefficient (Wildman–Crippen LogP) is 2.85. The fourth-order valence-electron chi connectivity index (χ4n) is 1.85. The lowest BCUT2D eigenvalue weighted by molar-refractivity contribution is 0.390. The standard InChI is InChI=1S/C13H12N4OS/c1-18-11(14)7-8-2-3-10-9(6-8)17-12-13(19-10)16-5-4-15-12/h2-6,14H,7H2,1H3,(H,15,17). The molecule has 1 aromatic carbocycles. The van der Waals surface area contributed by atoms with Gasteiger partial charge in [-0.2, -0.15) is 0 Å². The zero-order chi connectivity index (χ0) is 13.2. The van der Waals surface area contributed by atoms with Gasteiger partial charge in [0.25, 0.3) is 0 Å². The number of ether oxygens (including phenoxy) is 1. The van der Waals surface area contributed by atoms with Crippen LogP contribution in [0.25, 0.3) is 0 Å². The molecule has 19 heavy (non-hydrogen) atoms. The molecule has 1 aliphatic rings. The van der Waals surface area contributed by atoms with Crippen molar-refractivity contribution in [2.24, 2.45) is 0 Å². The quantitative estimate of drug-likeness (QED) is 0.554. The third-order valence-corrected chi connectivity index (χ3v) is 3.85. The van der Waals surface area contributed by atoms with Crippen LogP contribution in [0.2, 0.25) is 0 Å². The van der Waals surface area contributed by atoms with E-state index < -0.39 is 0 Å². The van der Waals surface area contributed by atoms with E-state index in [1.54, 1.807) is 24.2 Å². The summed E-state index contributed by atoms with van der Waals surface area (Å²) in [4.78, 5) is 9.66. The molecule has 0 spiro atoms. The van der Waals surface area contributed by atoms with E-state index in [0.29, 0.717) is 6.42 Å². The summed E-state index contributed by atoms with van der Waals surface area (Å²) in [6.45, 7) is 0. The fraction of sp³-hybridized carbons (Fsp3) is 0.154. The van der Waals surface area contributed by atoms with Gasteiger partial charge in [0.1, 0.15) is 5.03 Å². The minimum atomic E-state index is 0.253. The van der Waals surface area contributed by atoms with Crippen molar-refractivity contribution in [2.45, 2.75) is 16.3 Å². The number of anilines is 2. The molecule has 3 rings (SSSR count). The predicted molar refractivity (Wildman–Crippen MR) is 74.3 cm³/mol. The van der Waals surface area contributed by atoms with Crippen LogP contribution in [-0.4, -0.2) is 23.0 Å². The highest BCUT2D eigenvalue weighted by Gasteiger charge is 2.17. The first kappa shape index (κ1) is 12.0. The summed E-state index contributed by atoms with van der Waals surface area (Å²) in [5.41, 5.74) is 2.03. The summed E-state index contributed by atoms with van der Waals surface area (Å²) in [6, 6.07) is 6.05. The molecule has 0 fully saturated rings. The molecule has 0 atom stereocenters. The second kappa shape index (κ2) is 4.89. The van der Waals surface area contributed by atoms with Gasteiger partial charge in [0, 0.05) is 23.7 Å². The Morgan fingerprint density at radius 2 is 2.21 bits per heavy atom. The first-order valence-electron chi connectivity index (χ1n) is 5.76. The van der Waals surface area contributed by atoms with Gasteiger partial charge in [0.2, 0.25) is 0 Å². The van der Waals surface area contributed by atoms with E-state index in [1.165, 1.54) is 7.11 Å². The molecule has 1 aromatic heterocycles. The third-order valence-electron chi connectivity index (χ3n) is 2.78. The van der Waals surface area contributed by atoms with Gasteiger partial charge in [-0.05, 0) is 17.7 Å². The van der Waals surface area contributed by atoms with Gasteiger partial charge in [-0.25, -0.2) is 9.97 Å². The van der Waals surface area contributed by atoms with Gasteiger partial charge in [0.15, 0.2) is 11.7 Å². The lowest BCUT2D eigenvalue weighted by Crippen LogP contribution is -2.06. The van der Waals surface area contributed by atoms with Crippen molar-refractivity contribution in [3.63, 3.8) is 0 Å². The molecule has 0 amide bonds. The fourth-order valence-corrected chi connectivity index (χ4v) is 2.73. The van der Waals surface area contributed by atoms with E-state index in [4.69, 9.17) is 10.1 Å². The Bertz CT molecular complexity index is 644. The highest BCUT2D eigenvalue weighted by Crippen LogP contribution is 2.41. The summed E-state index contributed by atoms with van der Waals surface area (Å²) in [5.74, 6) is 1.03. The van der Waals surface area contributed by atoms with Gasteiger partial charge in [-0.15, -0.1) is 0 Å². The number of methoxy groups -OCH3 is 1. The van der Waals surface area contributed by atoms with Crippen molar-refractivity contribution in [2.75, 3.05) is 12.4 Å². The summed E-state index contributed by atoms with van der Waals surface area (Å²) in [7, 11) is 1.51. The molecule has 96 valence electrons. The van der Waals surface area contributed by atoms with Crippen LogP contribution in [-0.2, 0) is 11.2 Å². The van der Waals surface area contributed by atoms with Gasteiger partial charge in [-0.3, -0.25) is 5.41 Å². The normalized spacial score (nSPS) is 12.1. The van der Waals surface area contributed by atoms with Crippen LogP contribution in [0.5, 0.6) is 0 Å². The van der Waals surface area contributed by atoms with Crippen LogP contribution in [0.3, 0.4) is 0 Å². The van der Waals surface area contributed by atoms with E-state index in [0.717, 1.165) is 27.0 Å². The molecule has 0 bridgehead atoms. The molecule has 5 nitrogen and oxygen atoms in total. The number of aromatic nitrogens is 2. The topological polar surface area (TPSA) is 70.9 Å². The second-order valence-electron chi connectivity index (χ2n) is 4.07. The zero-order valence-corrected chi connectivity index (χ0v) is 11.1. The van der Waals surface area contributed by atoms with Crippen LogP contribution in [0, 0.1) is 5.41 Å². The Labute approximate surface area is 114 Å². The van der Waals surface area contributed by atoms with Crippen LogP contribution in [0.4, 0.5) is 11.5 Å². The van der Waals surface area contributed by atoms with Crippen molar-refractivity contribution < 1.29 is 4.74 Å². The van der Waals surface area contributed by atoms with Crippen LogP contribution >= 0.6 is 11.8 Å². The molecule has 2 N–H and O–H groups in total. The first-order valence-corrected chi connectivity index (χ1v) is 6.58. The molecule has 2 heterocycles. The molecule has 0 aliphatic carbocycles. The number of rotatable bonds is 2. The molecule has 6 heteroatoms. The van der Waals surface area contributed by atoms with Gasteiger partial charge < -0.3 is 10.1 Å². The molecule has 0 radical (unpaired) electrons. The molecular weight excluding hydrogens is 260 g/mol. The Kier molecular flexibility index (Phi) is 3.08. The maximum Gasteiger partial charge on any atom is 0.184 e. The number of nitrogens with one attached hydrogen (secondary N) is 2. The Balaban J connectivity index is 1.90. The smallest absolute Gasteiger partial charge is 0.184 e. The lowest BCUT2D eigenvalue weighted by Gasteiger charge is -2.19. The van der Waals surface area contributed by atoms with Crippen molar-refractivity contribution in [3.8, 4) is 0 Å². The molecule has 0 unspecified atom stereocenters. The van der Waals surface area contributed by atoms with Gasteiger partial charge >= 0.3 is 0 Å². The lowest BCUT2D eigenvalue weighted by atomic mass is 10.1. The van der Waals surface area contributed by atoms with Crippen molar-refractivity contribution in [1.82, 2.24) is 9.97 Å². The van der Waals surface area contributed by atoms with E-state index in [-0.39, 0.29) is 5.90 Å². The first-order chi connectivity index (χ1) is 9.26. The maximum absolute atomic E-state index is 7.56. The monoisotopic (exact) mass is 272 g/mol. The molecule has 1 aliphatic heterocycles. The Morgan fingerprint density at radius 3 is 3.05 bits per heavy atom. The van der Waals surface area contributed by atoms with Crippen molar-refractivity contribution >= 4 is 29.2 Å². The van der Waals surface area contributed by atoms with E-state index >= 15 is 0 Å². The minimum absolute atomic E-state index is 0.253. The second-order valence-corrected chi connectivity index (χ2v) is 5.10. The molecule has 0 saturated carbocycles. The van der Waals surface area contributed by atoms with Crippen LogP contribution in [0.15, 0.2) is 40.5 Å². The summed E-state index contributed by atoms with van der Waals surface area (Å²) < 4.78 is 4.89. The maximum atomic E-state index is 7.56. The van der Waals surface area contributed by atoms with Gasteiger partial charge in [-0.1, -0.05) is 17.8 Å². The highest BCUT2D eigenvalue weighted by molar-refractivity contribution is 7.99. The minimum Gasteiger partial charge on any atom is -0.484 e. The summed E-state index contributed by atoms with van der Waals surface area (Å²) >= 11 is 1.59. The number of hydrogen-bond donors (Lipinski definition) is 2. The number of fused-ring (bicyclic) bond motifs is 2. The molecular formula is C13H12N4OS. The van der Waals surface area contributed by atoms with Crippen LogP contribution in [0.1, 0.15) is 5.56 Å². The summed E-state index contributed by atoms with van der Waals surface area (Å²) in [5, 5.41) is 11.7. The Morgan fingerprint density at radius 1 is 1.37 bits per heavy atom. The average molecular weight is 272 g/mol. The number of nitrogens with zero attached hydrogens (tertiary/aromatic N) is 2. The van der Waals surface area contributed by atoms with Gasteiger partial charge in [0.05, 0.1) is 12.8 Å². The highest BCUT2D eigenvalue weighted by atomic mass is 32.2.